The van der Waals surface area contributed by atoms with Crippen molar-refractivity contribution in [1.29, 1.82) is 0 Å². The molecular weight excluding hydrogens is 430 g/mol. The normalized spacial score (nSPS) is 24.7. The van der Waals surface area contributed by atoms with E-state index < -0.39 is 12.0 Å². The predicted molar refractivity (Wildman–Crippen MR) is 93.5 cm³/mol. The molecule has 0 aromatic heterocycles. The molecule has 122 valence electrons. The van der Waals surface area contributed by atoms with Crippen molar-refractivity contribution in [3.8, 4) is 0 Å². The molecule has 1 aliphatic carbocycles. The summed E-state index contributed by atoms with van der Waals surface area (Å²) in [5.74, 6) is -1.45. The van der Waals surface area contributed by atoms with E-state index in [4.69, 9.17) is 0 Å². The van der Waals surface area contributed by atoms with Crippen LogP contribution in [0.1, 0.15) is 42.2 Å². The van der Waals surface area contributed by atoms with Crippen molar-refractivity contribution >= 4 is 31.9 Å². The summed E-state index contributed by atoms with van der Waals surface area (Å²) in [5, 5.41) is 10.6. The standard InChI is InChI=1S/C18H16Br2F2O/c19-11-5-2-7-13(21)16(11)10-4-1-9-15(23)17(10)18-12(20)6-3-8-14(18)22/h2-3,5-8,10,15,17,23H,1,4,9H2. The van der Waals surface area contributed by atoms with Gasteiger partial charge in [0.25, 0.3) is 0 Å². The monoisotopic (exact) mass is 444 g/mol. The van der Waals surface area contributed by atoms with Gasteiger partial charge in [-0.1, -0.05) is 50.4 Å². The van der Waals surface area contributed by atoms with Crippen molar-refractivity contribution in [2.45, 2.75) is 37.2 Å². The van der Waals surface area contributed by atoms with E-state index in [-0.39, 0.29) is 17.6 Å². The number of hydrogen-bond donors (Lipinski definition) is 1. The van der Waals surface area contributed by atoms with Crippen LogP contribution in [0.4, 0.5) is 8.78 Å². The number of hydrogen-bond acceptors (Lipinski definition) is 1. The Morgan fingerprint density at radius 3 is 2.00 bits per heavy atom. The van der Waals surface area contributed by atoms with Gasteiger partial charge in [-0.3, -0.25) is 0 Å². The molecule has 0 bridgehead atoms. The van der Waals surface area contributed by atoms with Gasteiger partial charge in [-0.2, -0.15) is 0 Å². The first-order valence-corrected chi connectivity index (χ1v) is 9.15. The van der Waals surface area contributed by atoms with Gasteiger partial charge in [-0.25, -0.2) is 8.78 Å². The van der Waals surface area contributed by atoms with E-state index >= 15 is 0 Å². The summed E-state index contributed by atoms with van der Waals surface area (Å²) < 4.78 is 30.2. The lowest BCUT2D eigenvalue weighted by Crippen LogP contribution is -2.31. The first-order valence-electron chi connectivity index (χ1n) is 7.56. The lowest BCUT2D eigenvalue weighted by atomic mass is 9.70. The fourth-order valence-corrected chi connectivity index (χ4v) is 4.83. The van der Waals surface area contributed by atoms with Crippen LogP contribution in [-0.4, -0.2) is 11.2 Å². The zero-order valence-corrected chi connectivity index (χ0v) is 15.4. The molecule has 0 radical (unpaired) electrons. The molecule has 1 nitrogen and oxygen atoms in total. The van der Waals surface area contributed by atoms with Crippen molar-refractivity contribution in [2.24, 2.45) is 0 Å². The molecule has 2 aromatic rings. The van der Waals surface area contributed by atoms with Gasteiger partial charge in [0.05, 0.1) is 6.10 Å². The summed E-state index contributed by atoms with van der Waals surface area (Å²) in [6.07, 6.45) is 1.39. The summed E-state index contributed by atoms with van der Waals surface area (Å²) in [4.78, 5) is 0. The molecule has 23 heavy (non-hydrogen) atoms. The molecule has 0 spiro atoms. The first kappa shape index (κ1) is 17.1. The maximum atomic E-state index is 14.5. The minimum atomic E-state index is -0.701. The van der Waals surface area contributed by atoms with Crippen LogP contribution in [0.15, 0.2) is 45.3 Å². The molecule has 0 heterocycles. The fourth-order valence-electron chi connectivity index (χ4n) is 3.59. The van der Waals surface area contributed by atoms with E-state index in [0.717, 1.165) is 6.42 Å². The topological polar surface area (TPSA) is 20.2 Å². The average Bonchev–Trinajstić information content (AvgIpc) is 2.49. The molecule has 3 rings (SSSR count). The fraction of sp³-hybridized carbons (Fsp3) is 0.333. The second-order valence-corrected chi connectivity index (χ2v) is 7.61. The van der Waals surface area contributed by atoms with Crippen LogP contribution in [0.3, 0.4) is 0 Å². The maximum absolute atomic E-state index is 14.5. The largest absolute Gasteiger partial charge is 0.392 e. The highest BCUT2D eigenvalue weighted by atomic mass is 79.9. The van der Waals surface area contributed by atoms with Crippen LogP contribution in [-0.2, 0) is 0 Å². The Morgan fingerprint density at radius 1 is 0.870 bits per heavy atom. The van der Waals surface area contributed by atoms with Gasteiger partial charge in [0, 0.05) is 26.0 Å². The molecule has 3 unspecified atom stereocenters. The minimum Gasteiger partial charge on any atom is -0.392 e. The number of aliphatic hydroxyl groups excluding tert-OH is 1. The number of halogens is 4. The Kier molecular flexibility index (Phi) is 5.19. The van der Waals surface area contributed by atoms with E-state index in [1.165, 1.54) is 12.1 Å². The van der Waals surface area contributed by atoms with Gasteiger partial charge in [0.2, 0.25) is 0 Å². The first-order chi connectivity index (χ1) is 11.0. The lowest BCUT2D eigenvalue weighted by molar-refractivity contribution is 0.0909. The molecule has 5 heteroatoms. The highest BCUT2D eigenvalue weighted by molar-refractivity contribution is 9.10. The molecule has 1 N–H and O–H groups in total. The predicted octanol–water partition coefficient (Wildman–Crippen LogP) is 5.90. The summed E-state index contributed by atoms with van der Waals surface area (Å²) in [6.45, 7) is 0. The summed E-state index contributed by atoms with van der Waals surface area (Å²) >= 11 is 6.80. The van der Waals surface area contributed by atoms with Crippen molar-refractivity contribution < 1.29 is 13.9 Å². The van der Waals surface area contributed by atoms with E-state index in [9.17, 15) is 13.9 Å². The third kappa shape index (κ3) is 3.24. The second kappa shape index (κ2) is 6.99. The van der Waals surface area contributed by atoms with Gasteiger partial charge in [-0.05, 0) is 43.0 Å². The van der Waals surface area contributed by atoms with Gasteiger partial charge in [0.15, 0.2) is 0 Å². The van der Waals surface area contributed by atoms with Gasteiger partial charge in [-0.15, -0.1) is 0 Å². The number of benzene rings is 2. The molecule has 0 aliphatic heterocycles. The Morgan fingerprint density at radius 2 is 1.43 bits per heavy atom. The second-order valence-electron chi connectivity index (χ2n) is 5.90. The molecule has 0 saturated heterocycles. The van der Waals surface area contributed by atoms with Crippen LogP contribution in [0.2, 0.25) is 0 Å². The van der Waals surface area contributed by atoms with Gasteiger partial charge >= 0.3 is 0 Å². The number of aliphatic hydroxyl groups is 1. The van der Waals surface area contributed by atoms with E-state index in [1.54, 1.807) is 24.3 Å². The Balaban J connectivity index is 2.15. The van der Waals surface area contributed by atoms with E-state index in [1.807, 2.05) is 0 Å². The third-order valence-corrected chi connectivity index (χ3v) is 5.95. The zero-order chi connectivity index (χ0) is 16.6. The highest BCUT2D eigenvalue weighted by Crippen LogP contribution is 2.49. The quantitative estimate of drug-likeness (QED) is 0.609. The van der Waals surface area contributed by atoms with Gasteiger partial charge in [0.1, 0.15) is 11.6 Å². The van der Waals surface area contributed by atoms with Crippen LogP contribution in [0.5, 0.6) is 0 Å². The van der Waals surface area contributed by atoms with Crippen LogP contribution in [0.25, 0.3) is 0 Å². The molecule has 1 saturated carbocycles. The van der Waals surface area contributed by atoms with E-state index in [2.05, 4.69) is 31.9 Å². The molecule has 0 amide bonds. The van der Waals surface area contributed by atoms with Crippen LogP contribution >= 0.6 is 31.9 Å². The van der Waals surface area contributed by atoms with Crippen molar-refractivity contribution in [3.63, 3.8) is 0 Å². The minimum absolute atomic E-state index is 0.275. The van der Waals surface area contributed by atoms with Gasteiger partial charge < -0.3 is 5.11 Å². The van der Waals surface area contributed by atoms with Crippen LogP contribution in [0, 0.1) is 11.6 Å². The smallest absolute Gasteiger partial charge is 0.127 e. The zero-order valence-electron chi connectivity index (χ0n) is 12.3. The van der Waals surface area contributed by atoms with Crippen LogP contribution < -0.4 is 0 Å². The molecular formula is C18H16Br2F2O. The third-order valence-electron chi connectivity index (χ3n) is 4.57. The molecule has 1 fully saturated rings. The lowest BCUT2D eigenvalue weighted by Gasteiger charge is -2.37. The summed E-state index contributed by atoms with van der Waals surface area (Å²) in [7, 11) is 0. The Hall–Kier alpha value is -0.780. The molecule has 1 aliphatic rings. The highest BCUT2D eigenvalue weighted by Gasteiger charge is 2.38. The molecule has 2 aromatic carbocycles. The van der Waals surface area contributed by atoms with Crippen molar-refractivity contribution in [3.05, 3.63) is 68.1 Å². The Bertz CT molecular complexity index is 680. The summed E-state index contributed by atoms with van der Waals surface area (Å²) in [6, 6.07) is 9.59. The van der Waals surface area contributed by atoms with Crippen molar-refractivity contribution in [1.82, 2.24) is 0 Å². The SMILES string of the molecule is OC1CCCC(c2c(F)cccc2Br)C1c1c(F)cccc1Br. The van der Waals surface area contributed by atoms with Crippen molar-refractivity contribution in [2.75, 3.05) is 0 Å². The average molecular weight is 446 g/mol. The maximum Gasteiger partial charge on any atom is 0.127 e. The number of rotatable bonds is 2. The summed E-state index contributed by atoms with van der Waals surface area (Å²) in [5.41, 5.74) is 0.950. The van der Waals surface area contributed by atoms with E-state index in [0.29, 0.717) is 32.9 Å². The molecule has 3 atom stereocenters. The Labute approximate surface area is 151 Å².